The van der Waals surface area contributed by atoms with E-state index in [0.717, 1.165) is 48.8 Å². The summed E-state index contributed by atoms with van der Waals surface area (Å²) in [4.78, 5) is 29.3. The van der Waals surface area contributed by atoms with Gasteiger partial charge in [-0.25, -0.2) is 0 Å². The fourth-order valence-corrected chi connectivity index (χ4v) is 5.28. The molecule has 1 fully saturated rings. The Morgan fingerprint density at radius 2 is 1.74 bits per heavy atom. The lowest BCUT2D eigenvalue weighted by Crippen LogP contribution is -2.31. The Morgan fingerprint density at radius 3 is 2.50 bits per heavy atom. The molecule has 0 saturated carbocycles. The fraction of sp³-hybridized carbons (Fsp3) is 0.333. The number of piperidine rings is 1. The van der Waals surface area contributed by atoms with E-state index in [4.69, 9.17) is 0 Å². The van der Waals surface area contributed by atoms with Crippen molar-refractivity contribution in [3.05, 3.63) is 82.9 Å². The minimum atomic E-state index is -4.43. The van der Waals surface area contributed by atoms with Gasteiger partial charge in [0, 0.05) is 37.0 Å². The maximum atomic E-state index is 13.4. The number of carbonyl (C=O) groups excluding carboxylic acids is 2. The minimum Gasteiger partial charge on any atom is -0.322 e. The summed E-state index contributed by atoms with van der Waals surface area (Å²) in [6, 6.07) is 16.1. The van der Waals surface area contributed by atoms with Crippen LogP contribution in [0.25, 0.3) is 11.1 Å². The van der Waals surface area contributed by atoms with Crippen molar-refractivity contribution in [2.75, 3.05) is 30.4 Å². The predicted molar refractivity (Wildman–Crippen MR) is 142 cm³/mol. The molecule has 0 unspecified atom stereocenters. The summed E-state index contributed by atoms with van der Waals surface area (Å²) in [6.45, 7) is 2.39. The summed E-state index contributed by atoms with van der Waals surface area (Å²) in [5.41, 5.74) is 4.12. The molecule has 2 aliphatic rings. The first-order valence-corrected chi connectivity index (χ1v) is 12.9. The first-order valence-electron chi connectivity index (χ1n) is 12.9. The van der Waals surface area contributed by atoms with Crippen LogP contribution in [-0.2, 0) is 23.9 Å². The summed E-state index contributed by atoms with van der Waals surface area (Å²) in [5, 5.41) is 2.92. The molecule has 8 heteroatoms. The number of nitrogens with zero attached hydrogens (tertiary/aromatic N) is 2. The van der Waals surface area contributed by atoms with E-state index in [-0.39, 0.29) is 11.8 Å². The predicted octanol–water partition coefficient (Wildman–Crippen LogP) is 6.52. The Bertz CT molecular complexity index is 1360. The van der Waals surface area contributed by atoms with Crippen molar-refractivity contribution < 1.29 is 22.8 Å². The quantitative estimate of drug-likeness (QED) is 0.416. The number of halogens is 3. The van der Waals surface area contributed by atoms with Crippen molar-refractivity contribution in [2.45, 2.75) is 44.8 Å². The van der Waals surface area contributed by atoms with Gasteiger partial charge in [-0.15, -0.1) is 0 Å². The molecular weight excluding hydrogens is 491 g/mol. The maximum absolute atomic E-state index is 13.4. The molecule has 3 aromatic rings. The average molecular weight is 522 g/mol. The Labute approximate surface area is 220 Å². The van der Waals surface area contributed by atoms with Gasteiger partial charge >= 0.3 is 6.18 Å². The number of alkyl halides is 3. The lowest BCUT2D eigenvalue weighted by atomic mass is 9.95. The van der Waals surface area contributed by atoms with E-state index in [9.17, 15) is 22.8 Å². The molecule has 0 aliphatic carbocycles. The molecule has 1 saturated heterocycles. The molecular formula is C30H30F3N3O2. The van der Waals surface area contributed by atoms with Crippen LogP contribution < -0.4 is 10.2 Å². The normalized spacial score (nSPS) is 16.3. The summed E-state index contributed by atoms with van der Waals surface area (Å²) in [7, 11) is 1.73. The van der Waals surface area contributed by atoms with Gasteiger partial charge in [0.15, 0.2) is 0 Å². The third-order valence-electron chi connectivity index (χ3n) is 7.40. The number of aryl methyl sites for hydroxylation is 1. The van der Waals surface area contributed by atoms with Crippen molar-refractivity contribution >= 4 is 23.2 Å². The standard InChI is InChI=1S/C30H30F3N3O2/c1-35-27-18-25(11-8-20(27)10-13-28(35)37)34-29(38)22-9-12-26(21-6-5-7-24(17-21)30(31,32)33)23(16-22)19-36-14-3-2-4-15-36/h5-9,11-12,16-18H,2-4,10,13-15,19H2,1H3,(H,34,38). The van der Waals surface area contributed by atoms with Crippen LogP contribution in [0.15, 0.2) is 60.7 Å². The summed E-state index contributed by atoms with van der Waals surface area (Å²) in [5.74, 6) is -0.279. The third-order valence-corrected chi connectivity index (χ3v) is 7.40. The smallest absolute Gasteiger partial charge is 0.322 e. The van der Waals surface area contributed by atoms with Gasteiger partial charge < -0.3 is 10.2 Å². The molecule has 5 rings (SSSR count). The van der Waals surface area contributed by atoms with Crippen LogP contribution in [0.2, 0.25) is 0 Å². The first-order chi connectivity index (χ1) is 18.2. The molecule has 0 radical (unpaired) electrons. The molecule has 3 aromatic carbocycles. The number of carbonyl (C=O) groups is 2. The van der Waals surface area contributed by atoms with Gasteiger partial charge in [0.1, 0.15) is 0 Å². The molecule has 0 bridgehead atoms. The van der Waals surface area contributed by atoms with Crippen LogP contribution in [-0.4, -0.2) is 36.9 Å². The van der Waals surface area contributed by atoms with Crippen molar-refractivity contribution in [3.8, 4) is 11.1 Å². The molecule has 2 heterocycles. The van der Waals surface area contributed by atoms with E-state index >= 15 is 0 Å². The van der Waals surface area contributed by atoms with Crippen LogP contribution in [0.4, 0.5) is 24.5 Å². The Hall–Kier alpha value is -3.65. The zero-order chi connectivity index (χ0) is 26.9. The number of rotatable bonds is 5. The number of benzene rings is 3. The highest BCUT2D eigenvalue weighted by atomic mass is 19.4. The minimum absolute atomic E-state index is 0.0357. The monoisotopic (exact) mass is 521 g/mol. The van der Waals surface area contributed by atoms with E-state index in [1.807, 2.05) is 12.1 Å². The summed E-state index contributed by atoms with van der Waals surface area (Å²) in [6.07, 6.45) is 0.0247. The third kappa shape index (κ3) is 5.60. The zero-order valence-corrected chi connectivity index (χ0v) is 21.3. The topological polar surface area (TPSA) is 52.7 Å². The summed E-state index contributed by atoms with van der Waals surface area (Å²) < 4.78 is 40.2. The van der Waals surface area contributed by atoms with Crippen LogP contribution in [0.1, 0.15) is 52.7 Å². The molecule has 2 aliphatic heterocycles. The number of likely N-dealkylation sites (tertiary alicyclic amines) is 1. The number of fused-ring (bicyclic) bond motifs is 1. The van der Waals surface area contributed by atoms with Gasteiger partial charge in [-0.3, -0.25) is 14.5 Å². The van der Waals surface area contributed by atoms with E-state index in [0.29, 0.717) is 41.8 Å². The van der Waals surface area contributed by atoms with Crippen molar-refractivity contribution in [3.63, 3.8) is 0 Å². The largest absolute Gasteiger partial charge is 0.416 e. The van der Waals surface area contributed by atoms with Gasteiger partial charge in [0.05, 0.1) is 5.56 Å². The van der Waals surface area contributed by atoms with Crippen molar-refractivity contribution in [1.29, 1.82) is 0 Å². The lowest BCUT2D eigenvalue weighted by Gasteiger charge is -2.27. The molecule has 0 spiro atoms. The number of nitrogens with one attached hydrogen (secondary N) is 1. The van der Waals surface area contributed by atoms with Crippen LogP contribution >= 0.6 is 0 Å². The molecule has 198 valence electrons. The van der Waals surface area contributed by atoms with Gasteiger partial charge in [0.2, 0.25) is 5.91 Å². The Morgan fingerprint density at radius 1 is 0.947 bits per heavy atom. The van der Waals surface area contributed by atoms with Crippen molar-refractivity contribution in [2.24, 2.45) is 0 Å². The number of anilines is 2. The van der Waals surface area contributed by atoms with Gasteiger partial charge in [0.25, 0.3) is 5.91 Å². The number of hydrogen-bond acceptors (Lipinski definition) is 3. The highest BCUT2D eigenvalue weighted by Gasteiger charge is 2.30. The molecule has 2 amide bonds. The second kappa shape index (κ2) is 10.6. The Balaban J connectivity index is 1.45. The van der Waals surface area contributed by atoms with Crippen LogP contribution in [0, 0.1) is 0 Å². The lowest BCUT2D eigenvalue weighted by molar-refractivity contribution is -0.137. The highest BCUT2D eigenvalue weighted by Crippen LogP contribution is 2.34. The van der Waals surface area contributed by atoms with Crippen LogP contribution in [0.3, 0.4) is 0 Å². The van der Waals surface area contributed by atoms with Crippen LogP contribution in [0.5, 0.6) is 0 Å². The summed E-state index contributed by atoms with van der Waals surface area (Å²) >= 11 is 0. The maximum Gasteiger partial charge on any atom is 0.416 e. The van der Waals surface area contributed by atoms with Gasteiger partial charge in [-0.1, -0.05) is 30.7 Å². The molecule has 0 aromatic heterocycles. The molecule has 5 nitrogen and oxygen atoms in total. The van der Waals surface area contributed by atoms with E-state index in [1.165, 1.54) is 18.6 Å². The first kappa shape index (κ1) is 26.0. The SMILES string of the molecule is CN1C(=O)CCc2ccc(NC(=O)c3ccc(-c4cccc(C(F)(F)F)c4)c(CN4CCCCC4)c3)cc21. The number of amides is 2. The molecule has 0 atom stereocenters. The second-order valence-corrected chi connectivity index (χ2v) is 10.0. The van der Waals surface area contributed by atoms with Crippen molar-refractivity contribution in [1.82, 2.24) is 4.90 Å². The molecule has 1 N–H and O–H groups in total. The van der Waals surface area contributed by atoms with E-state index < -0.39 is 11.7 Å². The average Bonchev–Trinajstić information content (AvgIpc) is 2.91. The number of hydrogen-bond donors (Lipinski definition) is 1. The van der Waals surface area contributed by atoms with E-state index in [1.54, 1.807) is 42.3 Å². The second-order valence-electron chi connectivity index (χ2n) is 10.0. The highest BCUT2D eigenvalue weighted by molar-refractivity contribution is 6.05. The fourth-order valence-electron chi connectivity index (χ4n) is 5.28. The van der Waals surface area contributed by atoms with Gasteiger partial charge in [-0.2, -0.15) is 13.2 Å². The van der Waals surface area contributed by atoms with E-state index in [2.05, 4.69) is 10.2 Å². The Kier molecular flexibility index (Phi) is 7.25. The zero-order valence-electron chi connectivity index (χ0n) is 21.3. The van der Waals surface area contributed by atoms with Gasteiger partial charge in [-0.05, 0) is 91.0 Å². The molecule has 38 heavy (non-hydrogen) atoms.